The fourth-order valence-corrected chi connectivity index (χ4v) is 3.94. The molecule has 0 aromatic heterocycles. The number of hydrogen-bond donors (Lipinski definition) is 1. The van der Waals surface area contributed by atoms with E-state index in [0.717, 1.165) is 16.3 Å². The molecule has 0 unspecified atom stereocenters. The molecule has 1 saturated heterocycles. The first kappa shape index (κ1) is 21.3. The van der Waals surface area contributed by atoms with Crippen molar-refractivity contribution in [1.29, 1.82) is 0 Å². The Morgan fingerprint density at radius 2 is 1.65 bits per heavy atom. The van der Waals surface area contributed by atoms with E-state index in [1.165, 1.54) is 5.01 Å². The van der Waals surface area contributed by atoms with Crippen LogP contribution in [0.3, 0.4) is 0 Å². The quantitative estimate of drug-likeness (QED) is 0.336. The van der Waals surface area contributed by atoms with Crippen molar-refractivity contribution in [3.05, 3.63) is 108 Å². The number of methoxy groups -OCH3 is 1. The summed E-state index contributed by atoms with van der Waals surface area (Å²) in [5.41, 5.74) is 4.84. The molecule has 2 amide bonds. The first-order chi connectivity index (χ1) is 16.6. The van der Waals surface area contributed by atoms with Crippen LogP contribution in [0.1, 0.15) is 11.1 Å². The van der Waals surface area contributed by atoms with E-state index < -0.39 is 11.8 Å². The molecule has 0 atom stereocenters. The average Bonchev–Trinajstić information content (AvgIpc) is 3.16. The van der Waals surface area contributed by atoms with Gasteiger partial charge in [-0.2, -0.15) is 0 Å². The fraction of sp³-hybridized carbons (Fsp3) is 0.0714. The smallest absolute Gasteiger partial charge is 0.282 e. The second-order valence-electron chi connectivity index (χ2n) is 7.81. The van der Waals surface area contributed by atoms with Crippen LogP contribution in [0.15, 0.2) is 96.6 Å². The van der Waals surface area contributed by atoms with Gasteiger partial charge in [-0.15, -0.1) is 0 Å². The highest BCUT2D eigenvalue weighted by Crippen LogP contribution is 2.30. The lowest BCUT2D eigenvalue weighted by Gasteiger charge is -2.14. The molecule has 0 aliphatic carbocycles. The average molecular weight is 450 g/mol. The molecule has 1 heterocycles. The van der Waals surface area contributed by atoms with Gasteiger partial charge in [0.25, 0.3) is 11.8 Å². The van der Waals surface area contributed by atoms with Crippen molar-refractivity contribution in [2.75, 3.05) is 12.1 Å². The first-order valence-electron chi connectivity index (χ1n) is 10.8. The van der Waals surface area contributed by atoms with E-state index >= 15 is 0 Å². The summed E-state index contributed by atoms with van der Waals surface area (Å²) in [5, 5.41) is 3.49. The van der Waals surface area contributed by atoms with E-state index in [-0.39, 0.29) is 5.57 Å². The number of nitrogens with zero attached hydrogens (tertiary/aromatic N) is 1. The van der Waals surface area contributed by atoms with Crippen LogP contribution in [0.25, 0.3) is 16.8 Å². The molecule has 4 aromatic carbocycles. The predicted molar refractivity (Wildman–Crippen MR) is 131 cm³/mol. The van der Waals surface area contributed by atoms with Crippen molar-refractivity contribution in [3.8, 4) is 11.5 Å². The van der Waals surface area contributed by atoms with Gasteiger partial charge < -0.3 is 9.47 Å². The van der Waals surface area contributed by atoms with Crippen LogP contribution in [0.5, 0.6) is 11.5 Å². The van der Waals surface area contributed by atoms with Crippen molar-refractivity contribution in [3.63, 3.8) is 0 Å². The minimum absolute atomic E-state index is 0.0205. The lowest BCUT2D eigenvalue weighted by molar-refractivity contribution is -0.117. The van der Waals surface area contributed by atoms with Crippen LogP contribution in [-0.4, -0.2) is 18.9 Å². The second kappa shape index (κ2) is 9.11. The summed E-state index contributed by atoms with van der Waals surface area (Å²) in [6, 6.07) is 28.5. The molecule has 1 fully saturated rings. The van der Waals surface area contributed by atoms with Crippen LogP contribution in [0.4, 0.5) is 5.69 Å². The fourth-order valence-electron chi connectivity index (χ4n) is 3.94. The highest BCUT2D eigenvalue weighted by molar-refractivity contribution is 6.31. The van der Waals surface area contributed by atoms with E-state index in [9.17, 15) is 9.59 Å². The molecule has 4 aromatic rings. The Balaban J connectivity index is 1.46. The summed E-state index contributed by atoms with van der Waals surface area (Å²) >= 11 is 0. The lowest BCUT2D eigenvalue weighted by Crippen LogP contribution is -2.35. The van der Waals surface area contributed by atoms with Crippen LogP contribution in [0.2, 0.25) is 0 Å². The Bertz CT molecular complexity index is 1410. The van der Waals surface area contributed by atoms with Crippen molar-refractivity contribution < 1.29 is 19.1 Å². The van der Waals surface area contributed by atoms with E-state index in [0.29, 0.717) is 29.4 Å². The summed E-state index contributed by atoms with van der Waals surface area (Å²) in [6.07, 6.45) is 1.54. The number of anilines is 1. The predicted octanol–water partition coefficient (Wildman–Crippen LogP) is 4.89. The van der Waals surface area contributed by atoms with Gasteiger partial charge in [0.05, 0.1) is 12.8 Å². The molecule has 0 spiro atoms. The number of amides is 2. The van der Waals surface area contributed by atoms with Crippen LogP contribution in [0, 0.1) is 0 Å². The Morgan fingerprint density at radius 1 is 0.882 bits per heavy atom. The lowest BCUT2D eigenvalue weighted by atomic mass is 10.1. The van der Waals surface area contributed by atoms with Gasteiger partial charge in [0.2, 0.25) is 0 Å². The zero-order valence-electron chi connectivity index (χ0n) is 18.5. The van der Waals surface area contributed by atoms with Gasteiger partial charge >= 0.3 is 0 Å². The molecule has 168 valence electrons. The maximum Gasteiger partial charge on any atom is 0.282 e. The first-order valence-corrected chi connectivity index (χ1v) is 10.8. The van der Waals surface area contributed by atoms with E-state index in [2.05, 4.69) is 23.6 Å². The van der Waals surface area contributed by atoms with Gasteiger partial charge in [0, 0.05) is 5.56 Å². The van der Waals surface area contributed by atoms with Gasteiger partial charge in [-0.25, -0.2) is 5.01 Å². The number of para-hydroxylation sites is 1. The SMILES string of the molecule is COc1ccc(OCc2cccc3ccccc23)c(/C=C2\C(=O)NN(c3ccccc3)C2=O)c1. The topological polar surface area (TPSA) is 67.9 Å². The van der Waals surface area contributed by atoms with Crippen LogP contribution in [-0.2, 0) is 16.2 Å². The zero-order chi connectivity index (χ0) is 23.5. The molecular formula is C28H22N2O4. The molecule has 1 N–H and O–H groups in total. The molecule has 0 radical (unpaired) electrons. The van der Waals surface area contributed by atoms with E-state index in [4.69, 9.17) is 9.47 Å². The number of ether oxygens (including phenoxy) is 2. The molecule has 0 bridgehead atoms. The molecule has 1 aliphatic heterocycles. The molecule has 1 aliphatic rings. The normalized spacial score (nSPS) is 14.5. The molecule has 6 nitrogen and oxygen atoms in total. The third kappa shape index (κ3) is 4.09. The molecule has 6 heteroatoms. The standard InChI is InChI=1S/C28H22N2O4/c1-33-23-14-15-26(34-18-20-10-7-9-19-8-5-6-13-24(19)20)21(16-23)17-25-27(31)29-30(28(25)32)22-11-3-2-4-12-22/h2-17H,18H2,1H3,(H,29,31)/b25-17+. The number of carbonyl (C=O) groups excluding carboxylic acids is 2. The molecule has 5 rings (SSSR count). The monoisotopic (exact) mass is 450 g/mol. The maximum absolute atomic E-state index is 13.0. The Hall–Kier alpha value is -4.58. The van der Waals surface area contributed by atoms with Gasteiger partial charge in [-0.05, 0) is 52.7 Å². The summed E-state index contributed by atoms with van der Waals surface area (Å²) < 4.78 is 11.5. The van der Waals surface area contributed by atoms with Crippen molar-refractivity contribution in [2.45, 2.75) is 6.61 Å². The van der Waals surface area contributed by atoms with Crippen molar-refractivity contribution in [1.82, 2.24) is 5.43 Å². The maximum atomic E-state index is 13.0. The number of hydrogen-bond acceptors (Lipinski definition) is 4. The number of fused-ring (bicyclic) bond motifs is 1. The minimum atomic E-state index is -0.475. The second-order valence-corrected chi connectivity index (χ2v) is 7.81. The number of carbonyl (C=O) groups is 2. The molecule has 0 saturated carbocycles. The van der Waals surface area contributed by atoms with Gasteiger partial charge in [-0.1, -0.05) is 60.7 Å². The van der Waals surface area contributed by atoms with Crippen molar-refractivity contribution in [2.24, 2.45) is 0 Å². The summed E-state index contributed by atoms with van der Waals surface area (Å²) in [4.78, 5) is 25.7. The van der Waals surface area contributed by atoms with E-state index in [1.54, 1.807) is 55.7 Å². The summed E-state index contributed by atoms with van der Waals surface area (Å²) in [6.45, 7) is 0.333. The highest BCUT2D eigenvalue weighted by Gasteiger charge is 2.34. The number of benzene rings is 4. The highest BCUT2D eigenvalue weighted by atomic mass is 16.5. The number of rotatable bonds is 6. The van der Waals surface area contributed by atoms with Gasteiger partial charge in [-0.3, -0.25) is 15.0 Å². The summed E-state index contributed by atoms with van der Waals surface area (Å²) in [5.74, 6) is 0.228. The van der Waals surface area contributed by atoms with Crippen LogP contribution < -0.4 is 19.9 Å². The largest absolute Gasteiger partial charge is 0.497 e. The Kier molecular flexibility index (Phi) is 5.70. The Morgan fingerprint density at radius 3 is 2.47 bits per heavy atom. The Labute approximate surface area is 197 Å². The zero-order valence-corrected chi connectivity index (χ0v) is 18.5. The molecular weight excluding hydrogens is 428 g/mol. The number of nitrogens with one attached hydrogen (secondary N) is 1. The number of hydrazine groups is 1. The minimum Gasteiger partial charge on any atom is -0.497 e. The third-order valence-electron chi connectivity index (χ3n) is 5.69. The van der Waals surface area contributed by atoms with Gasteiger partial charge in [0.15, 0.2) is 0 Å². The van der Waals surface area contributed by atoms with Crippen molar-refractivity contribution >= 4 is 34.4 Å². The molecule has 34 heavy (non-hydrogen) atoms. The van der Waals surface area contributed by atoms with Crippen LogP contribution >= 0.6 is 0 Å². The van der Waals surface area contributed by atoms with E-state index in [1.807, 2.05) is 30.3 Å². The summed E-state index contributed by atoms with van der Waals surface area (Å²) in [7, 11) is 1.56. The third-order valence-corrected chi connectivity index (χ3v) is 5.69. The van der Waals surface area contributed by atoms with Gasteiger partial charge in [0.1, 0.15) is 23.7 Å².